The molecular weight excluding hydrogens is 341 g/mol. The average Bonchev–Trinajstić information content (AvgIpc) is 3.21. The van der Waals surface area contributed by atoms with E-state index in [0.29, 0.717) is 5.92 Å². The van der Waals surface area contributed by atoms with Crippen LogP contribution in [0.3, 0.4) is 0 Å². The maximum Gasteiger partial charge on any atom is 0.123 e. The minimum absolute atomic E-state index is 0.196. The lowest BCUT2D eigenvalue weighted by Crippen LogP contribution is -2.33. The largest absolute Gasteiger partial charge is 0.299 e. The summed E-state index contributed by atoms with van der Waals surface area (Å²) in [5, 5.41) is 11.9. The van der Waals surface area contributed by atoms with Gasteiger partial charge in [-0.25, -0.2) is 9.07 Å². The second-order valence-corrected chi connectivity index (χ2v) is 7.63. The number of H-pyrrole nitrogens is 1. The molecule has 0 unspecified atom stereocenters. The molecule has 0 saturated carbocycles. The minimum Gasteiger partial charge on any atom is -0.299 e. The van der Waals surface area contributed by atoms with Gasteiger partial charge in [0.1, 0.15) is 5.82 Å². The molecule has 1 aliphatic heterocycles. The minimum atomic E-state index is -0.196. The summed E-state index contributed by atoms with van der Waals surface area (Å²) in [6, 6.07) is 7.05. The summed E-state index contributed by atoms with van der Waals surface area (Å²) in [5.74, 6) is 0.338. The number of aryl methyl sites for hydroxylation is 3. The van der Waals surface area contributed by atoms with Crippen molar-refractivity contribution in [2.24, 2.45) is 0 Å². The molecule has 142 valence electrons. The zero-order valence-corrected chi connectivity index (χ0v) is 16.2. The van der Waals surface area contributed by atoms with Crippen molar-refractivity contribution < 1.29 is 4.39 Å². The van der Waals surface area contributed by atoms with Gasteiger partial charge in [-0.1, -0.05) is 0 Å². The number of benzene rings is 1. The molecule has 6 heteroatoms. The molecule has 1 saturated heterocycles. The monoisotopic (exact) mass is 367 g/mol. The van der Waals surface area contributed by atoms with Crippen LogP contribution < -0.4 is 0 Å². The summed E-state index contributed by atoms with van der Waals surface area (Å²) < 4.78 is 15.9. The van der Waals surface area contributed by atoms with Crippen LogP contribution in [0.2, 0.25) is 0 Å². The first-order valence-electron chi connectivity index (χ1n) is 9.55. The van der Waals surface area contributed by atoms with Gasteiger partial charge in [0, 0.05) is 23.9 Å². The maximum atomic E-state index is 14.0. The topological polar surface area (TPSA) is 49.7 Å². The Bertz CT molecular complexity index is 934. The summed E-state index contributed by atoms with van der Waals surface area (Å²) in [6.07, 6.45) is 4.08. The van der Waals surface area contributed by atoms with Crippen molar-refractivity contribution in [3.05, 3.63) is 64.5 Å². The van der Waals surface area contributed by atoms with E-state index in [2.05, 4.69) is 27.1 Å². The first-order chi connectivity index (χ1) is 13.0. The number of nitrogens with one attached hydrogen (secondary N) is 1. The quantitative estimate of drug-likeness (QED) is 0.757. The standard InChI is InChI=1S/C21H26FN5/c1-14-12-23-24-21(14)17-6-8-26(9-7-17)13-18-11-19(22)4-5-20(18)27-16(3)10-15(2)25-27/h4-5,10-12,17H,6-9,13H2,1-3H3,(H,23,24). The van der Waals surface area contributed by atoms with E-state index in [1.165, 1.54) is 17.3 Å². The molecule has 3 heterocycles. The lowest BCUT2D eigenvalue weighted by atomic mass is 9.91. The third-order valence-electron chi connectivity index (χ3n) is 5.54. The zero-order valence-electron chi connectivity index (χ0n) is 16.2. The van der Waals surface area contributed by atoms with Crippen molar-refractivity contribution in [2.45, 2.75) is 46.1 Å². The SMILES string of the molecule is Cc1cc(C)n(-c2ccc(F)cc2CN2CCC(c3[nH]ncc3C)CC2)n1. The highest BCUT2D eigenvalue weighted by Gasteiger charge is 2.24. The molecule has 3 aromatic rings. The molecule has 0 spiro atoms. The third kappa shape index (κ3) is 3.67. The summed E-state index contributed by atoms with van der Waals surface area (Å²) in [4.78, 5) is 2.41. The van der Waals surface area contributed by atoms with Crippen LogP contribution in [0.15, 0.2) is 30.5 Å². The van der Waals surface area contributed by atoms with Crippen molar-refractivity contribution in [1.29, 1.82) is 0 Å². The van der Waals surface area contributed by atoms with Crippen LogP contribution in [0, 0.1) is 26.6 Å². The summed E-state index contributed by atoms with van der Waals surface area (Å²) in [7, 11) is 0. The van der Waals surface area contributed by atoms with E-state index in [9.17, 15) is 4.39 Å². The molecule has 4 rings (SSSR count). The fourth-order valence-corrected chi connectivity index (χ4v) is 4.15. The van der Waals surface area contributed by atoms with Gasteiger partial charge >= 0.3 is 0 Å². The van der Waals surface area contributed by atoms with E-state index in [1.807, 2.05) is 36.9 Å². The van der Waals surface area contributed by atoms with E-state index < -0.39 is 0 Å². The second kappa shape index (κ2) is 7.27. The first-order valence-corrected chi connectivity index (χ1v) is 9.55. The van der Waals surface area contributed by atoms with Crippen LogP contribution >= 0.6 is 0 Å². The summed E-state index contributed by atoms with van der Waals surface area (Å²) >= 11 is 0. The molecule has 0 aliphatic carbocycles. The van der Waals surface area contributed by atoms with Crippen LogP contribution in [0.25, 0.3) is 5.69 Å². The van der Waals surface area contributed by atoms with Crippen LogP contribution in [0.4, 0.5) is 4.39 Å². The highest BCUT2D eigenvalue weighted by molar-refractivity contribution is 5.42. The maximum absolute atomic E-state index is 14.0. The Morgan fingerprint density at radius 3 is 2.56 bits per heavy atom. The van der Waals surface area contributed by atoms with Gasteiger partial charge in [0.05, 0.1) is 17.6 Å². The number of aromatic nitrogens is 4. The normalized spacial score (nSPS) is 16.1. The molecule has 5 nitrogen and oxygen atoms in total. The van der Waals surface area contributed by atoms with Crippen LogP contribution in [-0.4, -0.2) is 38.0 Å². The number of aromatic amines is 1. The van der Waals surface area contributed by atoms with Gasteiger partial charge in [-0.05, 0) is 82.1 Å². The number of likely N-dealkylation sites (tertiary alicyclic amines) is 1. The Morgan fingerprint density at radius 1 is 1.15 bits per heavy atom. The molecular formula is C21H26FN5. The first kappa shape index (κ1) is 17.9. The molecule has 2 aromatic heterocycles. The number of hydrogen-bond acceptors (Lipinski definition) is 3. The summed E-state index contributed by atoms with van der Waals surface area (Å²) in [5.41, 5.74) is 6.49. The van der Waals surface area contributed by atoms with Crippen molar-refractivity contribution in [2.75, 3.05) is 13.1 Å². The van der Waals surface area contributed by atoms with E-state index in [0.717, 1.165) is 55.1 Å². The average molecular weight is 367 g/mol. The number of hydrogen-bond donors (Lipinski definition) is 1. The van der Waals surface area contributed by atoms with Crippen molar-refractivity contribution in [3.8, 4) is 5.69 Å². The molecule has 0 amide bonds. The fraction of sp³-hybridized carbons (Fsp3) is 0.429. The van der Waals surface area contributed by atoms with E-state index in [1.54, 1.807) is 6.07 Å². The lowest BCUT2D eigenvalue weighted by molar-refractivity contribution is 0.202. The lowest BCUT2D eigenvalue weighted by Gasteiger charge is -2.32. The van der Waals surface area contributed by atoms with E-state index in [4.69, 9.17) is 0 Å². The van der Waals surface area contributed by atoms with Gasteiger partial charge in [-0.15, -0.1) is 0 Å². The fourth-order valence-electron chi connectivity index (χ4n) is 4.15. The van der Waals surface area contributed by atoms with Gasteiger partial charge in [-0.2, -0.15) is 10.2 Å². The van der Waals surface area contributed by atoms with Gasteiger partial charge in [0.25, 0.3) is 0 Å². The number of piperidine rings is 1. The highest BCUT2D eigenvalue weighted by Crippen LogP contribution is 2.30. The Labute approximate surface area is 159 Å². The van der Waals surface area contributed by atoms with Gasteiger partial charge < -0.3 is 0 Å². The second-order valence-electron chi connectivity index (χ2n) is 7.63. The predicted molar refractivity (Wildman–Crippen MR) is 104 cm³/mol. The van der Waals surface area contributed by atoms with Crippen molar-refractivity contribution >= 4 is 0 Å². The van der Waals surface area contributed by atoms with Crippen molar-refractivity contribution in [1.82, 2.24) is 24.9 Å². The van der Waals surface area contributed by atoms with Crippen LogP contribution in [0.1, 0.15) is 47.0 Å². The summed E-state index contributed by atoms with van der Waals surface area (Å²) in [6.45, 7) is 8.85. The number of nitrogens with zero attached hydrogens (tertiary/aromatic N) is 4. The van der Waals surface area contributed by atoms with Crippen molar-refractivity contribution in [3.63, 3.8) is 0 Å². The molecule has 1 aromatic carbocycles. The molecule has 1 aliphatic rings. The predicted octanol–water partition coefficient (Wildman–Crippen LogP) is 4.04. The van der Waals surface area contributed by atoms with Gasteiger partial charge in [0.2, 0.25) is 0 Å². The number of halogens is 1. The Morgan fingerprint density at radius 2 is 1.93 bits per heavy atom. The molecule has 0 atom stereocenters. The molecule has 1 N–H and O–H groups in total. The molecule has 0 radical (unpaired) electrons. The van der Waals surface area contributed by atoms with E-state index >= 15 is 0 Å². The Hall–Kier alpha value is -2.47. The van der Waals surface area contributed by atoms with Gasteiger partial charge in [-0.3, -0.25) is 10.00 Å². The molecule has 1 fully saturated rings. The molecule has 27 heavy (non-hydrogen) atoms. The van der Waals surface area contributed by atoms with Gasteiger partial charge in [0.15, 0.2) is 0 Å². The van der Waals surface area contributed by atoms with E-state index in [-0.39, 0.29) is 5.82 Å². The van der Waals surface area contributed by atoms with Crippen LogP contribution in [-0.2, 0) is 6.54 Å². The number of rotatable bonds is 4. The Kier molecular flexibility index (Phi) is 4.83. The Balaban J connectivity index is 1.51. The molecule has 0 bridgehead atoms. The smallest absolute Gasteiger partial charge is 0.123 e. The van der Waals surface area contributed by atoms with Crippen LogP contribution in [0.5, 0.6) is 0 Å². The third-order valence-corrected chi connectivity index (χ3v) is 5.54. The highest BCUT2D eigenvalue weighted by atomic mass is 19.1. The zero-order chi connectivity index (χ0) is 19.0.